The standard InChI is InChI=1S/C17H14N2O/c1-11-10-13(6-8-14(11)18)17(20)16-9-7-12-4-2-3-5-15(12)19-16/h2-10H,18H2,1H3. The first kappa shape index (κ1) is 12.4. The molecule has 3 aromatic rings. The van der Waals surface area contributed by atoms with Crippen LogP contribution in [0.15, 0.2) is 54.6 Å². The maximum atomic E-state index is 12.5. The average Bonchev–Trinajstić information content (AvgIpc) is 2.49. The molecule has 3 rings (SSSR count). The molecule has 1 heterocycles. The molecule has 0 amide bonds. The highest BCUT2D eigenvalue weighted by molar-refractivity contribution is 6.08. The molecule has 0 saturated heterocycles. The van der Waals surface area contributed by atoms with Gasteiger partial charge >= 0.3 is 0 Å². The van der Waals surface area contributed by atoms with E-state index in [4.69, 9.17) is 5.73 Å². The van der Waals surface area contributed by atoms with Gasteiger partial charge in [-0.3, -0.25) is 4.79 Å². The SMILES string of the molecule is Cc1cc(C(=O)c2ccc3ccccc3n2)ccc1N. The van der Waals surface area contributed by atoms with Crippen LogP contribution in [0.1, 0.15) is 21.6 Å². The van der Waals surface area contributed by atoms with Crippen molar-refractivity contribution in [2.24, 2.45) is 0 Å². The van der Waals surface area contributed by atoms with Crippen LogP contribution >= 0.6 is 0 Å². The molecule has 98 valence electrons. The summed E-state index contributed by atoms with van der Waals surface area (Å²) in [5.74, 6) is -0.0844. The van der Waals surface area contributed by atoms with Crippen molar-refractivity contribution >= 4 is 22.4 Å². The van der Waals surface area contributed by atoms with E-state index in [1.165, 1.54) is 0 Å². The van der Waals surface area contributed by atoms with Crippen molar-refractivity contribution in [3.63, 3.8) is 0 Å². The monoisotopic (exact) mass is 262 g/mol. The maximum Gasteiger partial charge on any atom is 0.211 e. The first-order valence-corrected chi connectivity index (χ1v) is 6.42. The molecule has 0 unspecified atom stereocenters. The Balaban J connectivity index is 2.05. The number of nitrogens with zero attached hydrogens (tertiary/aromatic N) is 1. The number of pyridine rings is 1. The second-order valence-electron chi connectivity index (χ2n) is 4.79. The Bertz CT molecular complexity index is 809. The van der Waals surface area contributed by atoms with Crippen LogP contribution in [-0.2, 0) is 0 Å². The van der Waals surface area contributed by atoms with E-state index in [1.54, 1.807) is 24.3 Å². The third-order valence-electron chi connectivity index (χ3n) is 3.36. The van der Waals surface area contributed by atoms with E-state index >= 15 is 0 Å². The fourth-order valence-corrected chi connectivity index (χ4v) is 2.16. The third-order valence-corrected chi connectivity index (χ3v) is 3.36. The lowest BCUT2D eigenvalue weighted by Crippen LogP contribution is -2.05. The minimum atomic E-state index is -0.0844. The molecule has 20 heavy (non-hydrogen) atoms. The van der Waals surface area contributed by atoms with Crippen molar-refractivity contribution < 1.29 is 4.79 Å². The molecular weight excluding hydrogens is 248 g/mol. The van der Waals surface area contributed by atoms with Crippen LogP contribution in [0.2, 0.25) is 0 Å². The zero-order valence-electron chi connectivity index (χ0n) is 11.1. The molecule has 0 saturated carbocycles. The van der Waals surface area contributed by atoms with Crippen molar-refractivity contribution in [2.45, 2.75) is 6.92 Å². The van der Waals surface area contributed by atoms with Crippen molar-refractivity contribution in [1.82, 2.24) is 4.98 Å². The van der Waals surface area contributed by atoms with Crippen molar-refractivity contribution in [3.8, 4) is 0 Å². The Kier molecular flexibility index (Phi) is 2.95. The molecular formula is C17H14N2O. The van der Waals surface area contributed by atoms with Crippen LogP contribution in [0.25, 0.3) is 10.9 Å². The lowest BCUT2D eigenvalue weighted by molar-refractivity contribution is 0.103. The summed E-state index contributed by atoms with van der Waals surface area (Å²) in [7, 11) is 0. The Morgan fingerprint density at radius 3 is 2.65 bits per heavy atom. The number of anilines is 1. The summed E-state index contributed by atoms with van der Waals surface area (Å²) in [5, 5.41) is 1.03. The molecule has 0 aliphatic heterocycles. The van der Waals surface area contributed by atoms with Crippen molar-refractivity contribution in [1.29, 1.82) is 0 Å². The molecule has 3 nitrogen and oxygen atoms in total. The smallest absolute Gasteiger partial charge is 0.211 e. The van der Waals surface area contributed by atoms with E-state index < -0.39 is 0 Å². The lowest BCUT2D eigenvalue weighted by Gasteiger charge is -2.05. The number of aryl methyl sites for hydroxylation is 1. The van der Waals surface area contributed by atoms with Gasteiger partial charge in [-0.1, -0.05) is 24.3 Å². The van der Waals surface area contributed by atoms with E-state index in [0.29, 0.717) is 16.9 Å². The number of nitrogens with two attached hydrogens (primary N) is 1. The molecule has 0 aliphatic rings. The fraction of sp³-hybridized carbons (Fsp3) is 0.0588. The topological polar surface area (TPSA) is 56.0 Å². The van der Waals surface area contributed by atoms with E-state index in [9.17, 15) is 4.79 Å². The number of nitrogen functional groups attached to an aromatic ring is 1. The lowest BCUT2D eigenvalue weighted by atomic mass is 10.0. The summed E-state index contributed by atoms with van der Waals surface area (Å²) in [6.07, 6.45) is 0. The molecule has 0 spiro atoms. The molecule has 2 aromatic carbocycles. The van der Waals surface area contributed by atoms with Crippen molar-refractivity contribution in [3.05, 3.63) is 71.4 Å². The van der Waals surface area contributed by atoms with Gasteiger partial charge in [0.2, 0.25) is 5.78 Å². The van der Waals surface area contributed by atoms with Gasteiger partial charge in [0.05, 0.1) is 5.52 Å². The molecule has 2 N–H and O–H groups in total. The third kappa shape index (κ3) is 2.14. The number of hydrogen-bond acceptors (Lipinski definition) is 3. The number of para-hydroxylation sites is 1. The van der Waals surface area contributed by atoms with Gasteiger partial charge in [0, 0.05) is 16.6 Å². The van der Waals surface area contributed by atoms with E-state index in [0.717, 1.165) is 16.5 Å². The first-order valence-electron chi connectivity index (χ1n) is 6.42. The van der Waals surface area contributed by atoms with Gasteiger partial charge in [-0.05, 0) is 42.8 Å². The highest BCUT2D eigenvalue weighted by atomic mass is 16.1. The van der Waals surface area contributed by atoms with Crippen LogP contribution in [0.3, 0.4) is 0 Å². The highest BCUT2D eigenvalue weighted by Crippen LogP contribution is 2.17. The normalized spacial score (nSPS) is 10.7. The van der Waals surface area contributed by atoms with Crippen LogP contribution < -0.4 is 5.73 Å². The highest BCUT2D eigenvalue weighted by Gasteiger charge is 2.11. The van der Waals surface area contributed by atoms with Gasteiger partial charge < -0.3 is 5.73 Å². The first-order chi connectivity index (χ1) is 9.65. The summed E-state index contributed by atoms with van der Waals surface area (Å²) >= 11 is 0. The van der Waals surface area contributed by atoms with Gasteiger partial charge in [-0.25, -0.2) is 4.98 Å². The van der Waals surface area contributed by atoms with E-state index in [2.05, 4.69) is 4.98 Å². The molecule has 0 bridgehead atoms. The molecule has 3 heteroatoms. The quantitative estimate of drug-likeness (QED) is 0.569. The molecule has 1 aromatic heterocycles. The zero-order valence-corrected chi connectivity index (χ0v) is 11.1. The van der Waals surface area contributed by atoms with Gasteiger partial charge in [-0.2, -0.15) is 0 Å². The van der Waals surface area contributed by atoms with Crippen LogP contribution in [0.5, 0.6) is 0 Å². The number of aromatic nitrogens is 1. The van der Waals surface area contributed by atoms with Crippen LogP contribution in [0, 0.1) is 6.92 Å². The summed E-state index contributed by atoms with van der Waals surface area (Å²) in [6.45, 7) is 1.89. The average molecular weight is 262 g/mol. The van der Waals surface area contributed by atoms with E-state index in [-0.39, 0.29) is 5.78 Å². The molecule has 0 atom stereocenters. The number of benzene rings is 2. The molecule has 0 radical (unpaired) electrons. The number of hydrogen-bond donors (Lipinski definition) is 1. The Labute approximate surface area is 117 Å². The van der Waals surface area contributed by atoms with Gasteiger partial charge in [0.15, 0.2) is 0 Å². The summed E-state index contributed by atoms with van der Waals surface area (Å²) < 4.78 is 0. The zero-order chi connectivity index (χ0) is 14.1. The Morgan fingerprint density at radius 1 is 1.05 bits per heavy atom. The number of carbonyl (C=O) groups is 1. The minimum Gasteiger partial charge on any atom is -0.399 e. The summed E-state index contributed by atoms with van der Waals surface area (Å²) in [4.78, 5) is 16.9. The predicted octanol–water partition coefficient (Wildman–Crippen LogP) is 3.36. The minimum absolute atomic E-state index is 0.0844. The van der Waals surface area contributed by atoms with Crippen molar-refractivity contribution in [2.75, 3.05) is 5.73 Å². The predicted molar refractivity (Wildman–Crippen MR) is 80.8 cm³/mol. The number of fused-ring (bicyclic) bond motifs is 1. The number of carbonyl (C=O) groups excluding carboxylic acids is 1. The maximum absolute atomic E-state index is 12.5. The fourth-order valence-electron chi connectivity index (χ4n) is 2.16. The largest absolute Gasteiger partial charge is 0.399 e. The summed E-state index contributed by atoms with van der Waals surface area (Å²) in [5.41, 5.74) is 9.25. The second kappa shape index (κ2) is 4.78. The van der Waals surface area contributed by atoms with Gasteiger partial charge in [-0.15, -0.1) is 0 Å². The van der Waals surface area contributed by atoms with E-state index in [1.807, 2.05) is 37.3 Å². The number of ketones is 1. The Hall–Kier alpha value is -2.68. The number of rotatable bonds is 2. The Morgan fingerprint density at radius 2 is 1.85 bits per heavy atom. The summed E-state index contributed by atoms with van der Waals surface area (Å²) in [6, 6.07) is 16.7. The molecule has 0 aliphatic carbocycles. The van der Waals surface area contributed by atoms with Crippen LogP contribution in [-0.4, -0.2) is 10.8 Å². The van der Waals surface area contributed by atoms with Gasteiger partial charge in [0.25, 0.3) is 0 Å². The van der Waals surface area contributed by atoms with Gasteiger partial charge in [0.1, 0.15) is 5.69 Å². The molecule has 0 fully saturated rings. The second-order valence-corrected chi connectivity index (χ2v) is 4.79. The van der Waals surface area contributed by atoms with Crippen LogP contribution in [0.4, 0.5) is 5.69 Å².